The molecule has 0 fully saturated rings. The van der Waals surface area contributed by atoms with E-state index in [0.717, 1.165) is 0 Å². The SMILES string of the molecule is CCOCC(C)(C)CNC(=O)Oc1ccc([N+](=O)[O-])cc1. The van der Waals surface area contributed by atoms with Crippen molar-refractivity contribution in [3.63, 3.8) is 0 Å². The average molecular weight is 296 g/mol. The molecule has 7 heteroatoms. The Morgan fingerprint density at radius 3 is 2.48 bits per heavy atom. The van der Waals surface area contributed by atoms with E-state index in [1.165, 1.54) is 24.3 Å². The summed E-state index contributed by atoms with van der Waals surface area (Å²) >= 11 is 0. The van der Waals surface area contributed by atoms with Gasteiger partial charge < -0.3 is 14.8 Å². The Balaban J connectivity index is 2.45. The number of nitro benzene ring substituents is 1. The number of nitrogens with zero attached hydrogens (tertiary/aromatic N) is 1. The number of benzene rings is 1. The van der Waals surface area contributed by atoms with Gasteiger partial charge in [-0.3, -0.25) is 10.1 Å². The molecule has 0 saturated carbocycles. The van der Waals surface area contributed by atoms with Crippen molar-refractivity contribution in [3.05, 3.63) is 34.4 Å². The van der Waals surface area contributed by atoms with Gasteiger partial charge >= 0.3 is 6.09 Å². The number of non-ortho nitro benzene ring substituents is 1. The summed E-state index contributed by atoms with van der Waals surface area (Å²) in [6, 6.07) is 5.31. The molecule has 116 valence electrons. The Morgan fingerprint density at radius 1 is 1.33 bits per heavy atom. The number of rotatable bonds is 7. The van der Waals surface area contributed by atoms with Crippen LogP contribution in [0, 0.1) is 15.5 Å². The van der Waals surface area contributed by atoms with Gasteiger partial charge in [0.05, 0.1) is 11.5 Å². The minimum atomic E-state index is -0.603. The maximum absolute atomic E-state index is 11.6. The monoisotopic (exact) mass is 296 g/mol. The molecule has 1 aromatic carbocycles. The second kappa shape index (κ2) is 7.58. The molecule has 1 rings (SSSR count). The van der Waals surface area contributed by atoms with Gasteiger partial charge in [-0.15, -0.1) is 0 Å². The predicted molar refractivity (Wildman–Crippen MR) is 77.4 cm³/mol. The maximum Gasteiger partial charge on any atom is 0.412 e. The molecule has 0 unspecified atom stereocenters. The number of ether oxygens (including phenoxy) is 2. The van der Waals surface area contributed by atoms with Gasteiger partial charge in [0.25, 0.3) is 5.69 Å². The largest absolute Gasteiger partial charge is 0.412 e. The van der Waals surface area contributed by atoms with Crippen LogP contribution in [0.15, 0.2) is 24.3 Å². The molecule has 0 aliphatic carbocycles. The topological polar surface area (TPSA) is 90.7 Å². The van der Waals surface area contributed by atoms with Crippen molar-refractivity contribution in [2.75, 3.05) is 19.8 Å². The lowest BCUT2D eigenvalue weighted by Crippen LogP contribution is -2.38. The van der Waals surface area contributed by atoms with E-state index >= 15 is 0 Å². The highest BCUT2D eigenvalue weighted by Gasteiger charge is 2.19. The van der Waals surface area contributed by atoms with E-state index in [-0.39, 0.29) is 16.9 Å². The van der Waals surface area contributed by atoms with Crippen LogP contribution in [0.3, 0.4) is 0 Å². The van der Waals surface area contributed by atoms with Crippen molar-refractivity contribution in [3.8, 4) is 5.75 Å². The Hall–Kier alpha value is -2.15. The molecule has 7 nitrogen and oxygen atoms in total. The molecule has 0 aromatic heterocycles. The molecule has 0 bridgehead atoms. The molecule has 1 amide bonds. The summed E-state index contributed by atoms with van der Waals surface area (Å²) in [7, 11) is 0. The van der Waals surface area contributed by atoms with Gasteiger partial charge in [-0.05, 0) is 19.1 Å². The van der Waals surface area contributed by atoms with E-state index < -0.39 is 11.0 Å². The fraction of sp³-hybridized carbons (Fsp3) is 0.500. The zero-order valence-corrected chi connectivity index (χ0v) is 12.4. The van der Waals surface area contributed by atoms with Gasteiger partial charge in [-0.25, -0.2) is 4.79 Å². The molecular weight excluding hydrogens is 276 g/mol. The van der Waals surface area contributed by atoms with Crippen LogP contribution >= 0.6 is 0 Å². The van der Waals surface area contributed by atoms with E-state index in [1.54, 1.807) is 0 Å². The van der Waals surface area contributed by atoms with Crippen molar-refractivity contribution >= 4 is 11.8 Å². The molecule has 0 heterocycles. The predicted octanol–water partition coefficient (Wildman–Crippen LogP) is 2.75. The summed E-state index contributed by atoms with van der Waals surface area (Å²) in [5.41, 5.74) is -0.259. The molecule has 0 saturated heterocycles. The van der Waals surface area contributed by atoms with Crippen molar-refractivity contribution < 1.29 is 19.2 Å². The first-order chi connectivity index (χ1) is 9.84. The van der Waals surface area contributed by atoms with Crippen molar-refractivity contribution in [2.24, 2.45) is 5.41 Å². The quantitative estimate of drug-likeness (QED) is 0.617. The summed E-state index contributed by atoms with van der Waals surface area (Å²) in [4.78, 5) is 21.6. The van der Waals surface area contributed by atoms with E-state index in [0.29, 0.717) is 19.8 Å². The fourth-order valence-corrected chi connectivity index (χ4v) is 1.52. The normalized spacial score (nSPS) is 11.0. The average Bonchev–Trinajstić information content (AvgIpc) is 2.44. The number of carbonyl (C=O) groups is 1. The number of amides is 1. The van der Waals surface area contributed by atoms with E-state index in [2.05, 4.69) is 5.32 Å². The molecule has 0 atom stereocenters. The standard InChI is InChI=1S/C14H20N2O5/c1-4-20-10-14(2,3)9-15-13(17)21-12-7-5-11(6-8-12)16(18)19/h5-8H,4,9-10H2,1-3H3,(H,15,17). The highest BCUT2D eigenvalue weighted by molar-refractivity contribution is 5.70. The number of nitro groups is 1. The summed E-state index contributed by atoms with van der Waals surface area (Å²) < 4.78 is 10.4. The third-order valence-corrected chi connectivity index (χ3v) is 2.67. The Labute approximate surface area is 123 Å². The zero-order chi connectivity index (χ0) is 15.9. The van der Waals surface area contributed by atoms with Crippen LogP contribution in [-0.2, 0) is 4.74 Å². The highest BCUT2D eigenvalue weighted by Crippen LogP contribution is 2.18. The molecule has 0 aliphatic rings. The zero-order valence-electron chi connectivity index (χ0n) is 12.4. The first-order valence-electron chi connectivity index (χ1n) is 6.62. The van der Waals surface area contributed by atoms with Crippen LogP contribution in [0.5, 0.6) is 5.75 Å². The third kappa shape index (κ3) is 6.22. The molecule has 1 N–H and O–H groups in total. The van der Waals surface area contributed by atoms with Crippen molar-refractivity contribution in [2.45, 2.75) is 20.8 Å². The van der Waals surface area contributed by atoms with Gasteiger partial charge in [-0.1, -0.05) is 13.8 Å². The van der Waals surface area contributed by atoms with Gasteiger partial charge in [-0.2, -0.15) is 0 Å². The van der Waals surface area contributed by atoms with Crippen molar-refractivity contribution in [1.29, 1.82) is 0 Å². The Morgan fingerprint density at radius 2 is 1.95 bits per heavy atom. The second-order valence-corrected chi connectivity index (χ2v) is 5.30. The second-order valence-electron chi connectivity index (χ2n) is 5.30. The lowest BCUT2D eigenvalue weighted by atomic mass is 9.95. The number of carbonyl (C=O) groups excluding carboxylic acids is 1. The van der Waals surface area contributed by atoms with Crippen LogP contribution in [0.1, 0.15) is 20.8 Å². The molecule has 1 aromatic rings. The van der Waals surface area contributed by atoms with Gasteiger partial charge in [0.1, 0.15) is 5.75 Å². The first-order valence-corrected chi connectivity index (χ1v) is 6.62. The number of nitrogens with one attached hydrogen (secondary N) is 1. The summed E-state index contributed by atoms with van der Waals surface area (Å²) in [6.45, 7) is 7.40. The minimum Gasteiger partial charge on any atom is -0.410 e. The van der Waals surface area contributed by atoms with E-state index in [9.17, 15) is 14.9 Å². The molecule has 0 spiro atoms. The van der Waals surface area contributed by atoms with Crippen LogP contribution < -0.4 is 10.1 Å². The number of hydrogen-bond acceptors (Lipinski definition) is 5. The van der Waals surface area contributed by atoms with Crippen molar-refractivity contribution in [1.82, 2.24) is 5.32 Å². The van der Waals surface area contributed by atoms with Crippen LogP contribution in [0.4, 0.5) is 10.5 Å². The summed E-state index contributed by atoms with van der Waals surface area (Å²) in [6.07, 6.45) is -0.603. The molecule has 0 radical (unpaired) electrons. The Bertz CT molecular complexity index is 485. The lowest BCUT2D eigenvalue weighted by molar-refractivity contribution is -0.384. The smallest absolute Gasteiger partial charge is 0.410 e. The van der Waals surface area contributed by atoms with Gasteiger partial charge in [0.2, 0.25) is 0 Å². The maximum atomic E-state index is 11.6. The fourth-order valence-electron chi connectivity index (χ4n) is 1.52. The lowest BCUT2D eigenvalue weighted by Gasteiger charge is -2.24. The molecular formula is C14H20N2O5. The third-order valence-electron chi connectivity index (χ3n) is 2.67. The van der Waals surface area contributed by atoms with Crippen LogP contribution in [0.2, 0.25) is 0 Å². The van der Waals surface area contributed by atoms with Gasteiger partial charge in [0.15, 0.2) is 0 Å². The van der Waals surface area contributed by atoms with Crippen LogP contribution in [0.25, 0.3) is 0 Å². The summed E-state index contributed by atoms with van der Waals surface area (Å²) in [5, 5.41) is 13.1. The van der Waals surface area contributed by atoms with Gasteiger partial charge in [0, 0.05) is 30.7 Å². The Kier molecular flexibility index (Phi) is 6.10. The van der Waals surface area contributed by atoms with Crippen LogP contribution in [-0.4, -0.2) is 30.8 Å². The summed E-state index contributed by atoms with van der Waals surface area (Å²) in [5.74, 6) is 0.251. The van der Waals surface area contributed by atoms with E-state index in [4.69, 9.17) is 9.47 Å². The highest BCUT2D eigenvalue weighted by atomic mass is 16.6. The van der Waals surface area contributed by atoms with E-state index in [1.807, 2.05) is 20.8 Å². The first kappa shape index (κ1) is 16.9. The molecule has 0 aliphatic heterocycles. The molecule has 21 heavy (non-hydrogen) atoms. The minimum absolute atomic E-state index is 0.0550. The number of hydrogen-bond donors (Lipinski definition) is 1.